The maximum absolute atomic E-state index is 12.5. The second kappa shape index (κ2) is 10.4. The zero-order valence-corrected chi connectivity index (χ0v) is 22.4. The fourth-order valence-electron chi connectivity index (χ4n) is 3.10. The van der Waals surface area contributed by atoms with Crippen molar-refractivity contribution in [1.29, 1.82) is 0 Å². The molecule has 0 aromatic heterocycles. The van der Waals surface area contributed by atoms with E-state index in [0.717, 1.165) is 30.1 Å². The van der Waals surface area contributed by atoms with Crippen LogP contribution in [0.5, 0.6) is 5.75 Å². The van der Waals surface area contributed by atoms with E-state index < -0.39 is 5.97 Å². The predicted octanol–water partition coefficient (Wildman–Crippen LogP) is 7.47. The summed E-state index contributed by atoms with van der Waals surface area (Å²) in [7, 11) is 0. The number of rotatable bonds is 5. The van der Waals surface area contributed by atoms with Crippen LogP contribution in [0.15, 0.2) is 78.9 Å². The molecule has 1 unspecified atom stereocenters. The van der Waals surface area contributed by atoms with Gasteiger partial charge in [-0.3, -0.25) is 9.90 Å². The molecule has 0 aliphatic heterocycles. The van der Waals surface area contributed by atoms with E-state index in [4.69, 9.17) is 4.74 Å². The standard InChI is InChI=1S/C23H14Br4O4/c1-12(5-17-18(24)7-15(29)8-19(17)25)22-20(26)9-16(10-21(22)27)31-23(30)14-4-2-3-13(6-14)11-28/h2-4,6-10,20H,5H2,1H3. The molecular formula is C23H14Br4O4. The summed E-state index contributed by atoms with van der Waals surface area (Å²) < 4.78 is 7.77. The fraction of sp³-hybridized carbons (Fsp3) is 0.130. The van der Waals surface area contributed by atoms with Gasteiger partial charge in [-0.05, 0) is 60.9 Å². The average molecular weight is 674 g/mol. The van der Waals surface area contributed by atoms with E-state index in [1.165, 1.54) is 6.07 Å². The minimum Gasteiger partial charge on any atom is -0.423 e. The van der Waals surface area contributed by atoms with Gasteiger partial charge in [-0.2, -0.15) is 0 Å². The van der Waals surface area contributed by atoms with Crippen LogP contribution in [0.3, 0.4) is 0 Å². The smallest absolute Gasteiger partial charge is 0.343 e. The van der Waals surface area contributed by atoms with Gasteiger partial charge < -0.3 is 4.74 Å². The van der Waals surface area contributed by atoms with Gasteiger partial charge in [0.15, 0.2) is 5.75 Å². The lowest BCUT2D eigenvalue weighted by Gasteiger charge is -2.21. The van der Waals surface area contributed by atoms with Gasteiger partial charge in [0, 0.05) is 19.0 Å². The number of benzene rings is 2. The first-order chi connectivity index (χ1) is 14.7. The first-order valence-electron chi connectivity index (χ1n) is 8.98. The maximum Gasteiger partial charge on any atom is 0.343 e. The Morgan fingerprint density at radius 3 is 2.42 bits per heavy atom. The number of hydrogen-bond acceptors (Lipinski definition) is 3. The Balaban J connectivity index is 1.82. The first-order valence-corrected chi connectivity index (χ1v) is 12.3. The third kappa shape index (κ3) is 5.86. The Morgan fingerprint density at radius 2 is 1.81 bits per heavy atom. The molecule has 1 aliphatic carbocycles. The Kier molecular flexibility index (Phi) is 8.13. The number of carbonyl (C=O) groups is 1. The van der Waals surface area contributed by atoms with Gasteiger partial charge in [0.1, 0.15) is 5.76 Å². The van der Waals surface area contributed by atoms with Crippen molar-refractivity contribution in [2.24, 2.45) is 0 Å². The van der Waals surface area contributed by atoms with Gasteiger partial charge in [0.25, 0.3) is 0 Å². The molecule has 2 aromatic rings. The van der Waals surface area contributed by atoms with Crippen molar-refractivity contribution < 1.29 is 19.4 Å². The van der Waals surface area contributed by atoms with Crippen LogP contribution in [0.2, 0.25) is 0 Å². The van der Waals surface area contributed by atoms with Crippen LogP contribution < -0.4 is 0 Å². The molecule has 3 rings (SSSR count). The van der Waals surface area contributed by atoms with Gasteiger partial charge >= 0.3 is 5.97 Å². The maximum atomic E-state index is 12.5. The molecule has 0 saturated carbocycles. The highest BCUT2D eigenvalue weighted by atomic mass is 79.9. The van der Waals surface area contributed by atoms with Crippen molar-refractivity contribution in [3.05, 3.63) is 95.6 Å². The number of halogens is 4. The number of ether oxygens (including phenoxy) is 1. The van der Waals surface area contributed by atoms with Crippen molar-refractivity contribution in [3.63, 3.8) is 0 Å². The van der Waals surface area contributed by atoms with Crippen LogP contribution in [0.4, 0.5) is 0 Å². The van der Waals surface area contributed by atoms with E-state index >= 15 is 0 Å². The number of allylic oxidation sites excluding steroid dienone is 5. The van der Waals surface area contributed by atoms with E-state index in [-0.39, 0.29) is 21.7 Å². The Labute approximate surface area is 213 Å². The largest absolute Gasteiger partial charge is 0.423 e. The molecule has 0 bridgehead atoms. The number of hydrogen-bond donors (Lipinski definition) is 0. The molecule has 1 atom stereocenters. The predicted molar refractivity (Wildman–Crippen MR) is 133 cm³/mol. The lowest BCUT2D eigenvalue weighted by atomic mass is 9.96. The fourth-order valence-corrected chi connectivity index (χ4v) is 6.54. The quantitative estimate of drug-likeness (QED) is 0.245. The van der Waals surface area contributed by atoms with E-state index in [0.29, 0.717) is 12.2 Å². The van der Waals surface area contributed by atoms with Crippen LogP contribution >= 0.6 is 63.7 Å². The molecule has 2 aromatic carbocycles. The molecule has 158 valence electrons. The summed E-state index contributed by atoms with van der Waals surface area (Å²) in [4.78, 5) is 23.1. The second-order valence-electron chi connectivity index (χ2n) is 6.77. The third-order valence-electron chi connectivity index (χ3n) is 4.56. The molecule has 2 radical (unpaired) electrons. The van der Waals surface area contributed by atoms with Crippen molar-refractivity contribution in [3.8, 4) is 5.75 Å². The zero-order chi connectivity index (χ0) is 22.7. The van der Waals surface area contributed by atoms with Gasteiger partial charge in [-0.15, -0.1) is 0 Å². The van der Waals surface area contributed by atoms with Gasteiger partial charge in [-0.1, -0.05) is 81.4 Å². The Bertz CT molecular complexity index is 1130. The first kappa shape index (κ1) is 24.2. The highest BCUT2D eigenvalue weighted by Gasteiger charge is 2.23. The molecule has 0 amide bonds. The summed E-state index contributed by atoms with van der Waals surface area (Å²) >= 11 is 14.2. The summed E-state index contributed by atoms with van der Waals surface area (Å²) in [5.74, 6) is -0.251. The summed E-state index contributed by atoms with van der Waals surface area (Å²) in [6.07, 6.45) is 5.90. The van der Waals surface area contributed by atoms with Gasteiger partial charge in [0.05, 0.1) is 10.4 Å². The normalized spacial score (nSPS) is 17.5. The molecule has 0 fully saturated rings. The van der Waals surface area contributed by atoms with E-state index in [1.54, 1.807) is 48.8 Å². The van der Waals surface area contributed by atoms with Gasteiger partial charge in [-0.25, -0.2) is 4.79 Å². The lowest BCUT2D eigenvalue weighted by molar-refractivity contribution is 0.0635. The third-order valence-corrected chi connectivity index (χ3v) is 7.35. The molecule has 0 heterocycles. The summed E-state index contributed by atoms with van der Waals surface area (Å²) in [5.41, 5.74) is 3.60. The van der Waals surface area contributed by atoms with Crippen LogP contribution in [0.25, 0.3) is 0 Å². The zero-order valence-electron chi connectivity index (χ0n) is 16.0. The molecular weight excluding hydrogens is 660 g/mol. The van der Waals surface area contributed by atoms with Crippen LogP contribution in [-0.2, 0) is 21.1 Å². The molecule has 0 saturated heterocycles. The minimum absolute atomic E-state index is 0.0733. The number of alkyl halides is 1. The summed E-state index contributed by atoms with van der Waals surface area (Å²) in [6.45, 7) is 2.01. The SMILES string of the molecule is CC(Cc1c(Br)cc([O])cc1Br)=C1C(Br)=CC(OC(=O)c2cccc([C]=O)c2)=CC1Br. The van der Waals surface area contributed by atoms with Crippen molar-refractivity contribution in [2.45, 2.75) is 18.2 Å². The average Bonchev–Trinajstić information content (AvgIpc) is 2.70. The minimum atomic E-state index is -0.561. The monoisotopic (exact) mass is 670 g/mol. The summed E-state index contributed by atoms with van der Waals surface area (Å²) in [6, 6.07) is 9.27. The van der Waals surface area contributed by atoms with Crippen LogP contribution in [-0.4, -0.2) is 17.1 Å². The van der Waals surface area contributed by atoms with E-state index in [9.17, 15) is 14.7 Å². The number of esters is 1. The van der Waals surface area contributed by atoms with E-state index in [2.05, 4.69) is 63.7 Å². The molecule has 0 spiro atoms. The van der Waals surface area contributed by atoms with Crippen LogP contribution in [0, 0.1) is 0 Å². The highest BCUT2D eigenvalue weighted by molar-refractivity contribution is 9.12. The van der Waals surface area contributed by atoms with Crippen molar-refractivity contribution in [2.75, 3.05) is 0 Å². The topological polar surface area (TPSA) is 63.3 Å². The molecule has 0 N–H and O–H groups in total. The Morgan fingerprint density at radius 1 is 1.13 bits per heavy atom. The van der Waals surface area contributed by atoms with Crippen molar-refractivity contribution in [1.82, 2.24) is 0 Å². The number of carbonyl (C=O) groups excluding carboxylic acids is 2. The molecule has 1 aliphatic rings. The second-order valence-corrected chi connectivity index (χ2v) is 10.3. The molecule has 4 nitrogen and oxygen atoms in total. The molecule has 31 heavy (non-hydrogen) atoms. The molecule has 8 heteroatoms. The van der Waals surface area contributed by atoms with Gasteiger partial charge in [0.2, 0.25) is 6.29 Å². The highest BCUT2D eigenvalue weighted by Crippen LogP contribution is 2.38. The Hall–Kier alpha value is -1.48. The lowest BCUT2D eigenvalue weighted by Crippen LogP contribution is -2.13. The van der Waals surface area contributed by atoms with Crippen LogP contribution in [0.1, 0.15) is 28.4 Å². The van der Waals surface area contributed by atoms with Crippen molar-refractivity contribution >= 4 is 76.0 Å². The summed E-state index contributed by atoms with van der Waals surface area (Å²) in [5, 5.41) is 11.7. The van der Waals surface area contributed by atoms with E-state index in [1.807, 2.05) is 6.92 Å².